The normalized spacial score (nSPS) is 20.7. The summed E-state index contributed by atoms with van der Waals surface area (Å²) in [5.41, 5.74) is 1.91. The third-order valence-corrected chi connectivity index (χ3v) is 4.11. The largest absolute Gasteiger partial charge is 0.490 e. The predicted molar refractivity (Wildman–Crippen MR) is 90.7 cm³/mol. The molecule has 5 nitrogen and oxygen atoms in total. The number of carbonyl (C=O) groups excluding carboxylic acids is 2. The van der Waals surface area contributed by atoms with Crippen LogP contribution in [0.25, 0.3) is 0 Å². The van der Waals surface area contributed by atoms with Crippen molar-refractivity contribution in [3.63, 3.8) is 0 Å². The minimum Gasteiger partial charge on any atom is -0.490 e. The molecule has 1 aromatic rings. The van der Waals surface area contributed by atoms with Crippen molar-refractivity contribution >= 4 is 11.8 Å². The number of nitrogens with zero attached hydrogens (tertiary/aromatic N) is 1. The van der Waals surface area contributed by atoms with Gasteiger partial charge in [0.15, 0.2) is 0 Å². The van der Waals surface area contributed by atoms with E-state index in [2.05, 4.69) is 0 Å². The van der Waals surface area contributed by atoms with Gasteiger partial charge in [-0.3, -0.25) is 14.8 Å². The summed E-state index contributed by atoms with van der Waals surface area (Å²) < 4.78 is 5.61. The Hall–Kier alpha value is -2.14. The zero-order valence-electron chi connectivity index (χ0n) is 14.7. The summed E-state index contributed by atoms with van der Waals surface area (Å²) in [6.07, 6.45) is 2.54. The summed E-state index contributed by atoms with van der Waals surface area (Å²) in [5.74, 6) is -1.25. The van der Waals surface area contributed by atoms with E-state index in [0.29, 0.717) is 18.8 Å². The molecule has 0 spiro atoms. The van der Waals surface area contributed by atoms with Gasteiger partial charge in [0.1, 0.15) is 12.4 Å². The molecule has 1 fully saturated rings. The summed E-state index contributed by atoms with van der Waals surface area (Å²) >= 11 is 0. The number of amides is 2. The molecule has 1 aliphatic rings. The van der Waals surface area contributed by atoms with Crippen LogP contribution in [-0.2, 0) is 9.59 Å². The first-order chi connectivity index (χ1) is 11.3. The topological polar surface area (TPSA) is 66.8 Å². The molecule has 130 valence electrons. The molecule has 0 unspecified atom stereocenters. The minimum absolute atomic E-state index is 0.257. The molecule has 0 bridgehead atoms. The van der Waals surface area contributed by atoms with Gasteiger partial charge in [-0.2, -0.15) is 5.06 Å². The lowest BCUT2D eigenvalue weighted by Crippen LogP contribution is -2.27. The van der Waals surface area contributed by atoms with E-state index in [-0.39, 0.29) is 11.0 Å². The fourth-order valence-corrected chi connectivity index (χ4v) is 2.91. The van der Waals surface area contributed by atoms with Crippen LogP contribution in [-0.4, -0.2) is 28.7 Å². The quantitative estimate of drug-likeness (QED) is 0.492. The Morgan fingerprint density at radius 2 is 1.83 bits per heavy atom. The van der Waals surface area contributed by atoms with Gasteiger partial charge in [-0.15, -0.1) is 0 Å². The molecule has 1 aromatic carbocycles. The number of rotatable bonds is 6. The van der Waals surface area contributed by atoms with E-state index < -0.39 is 23.7 Å². The molecule has 0 aromatic heterocycles. The van der Waals surface area contributed by atoms with Crippen molar-refractivity contribution in [2.75, 3.05) is 6.61 Å². The average molecular weight is 331 g/mol. The van der Waals surface area contributed by atoms with Gasteiger partial charge in [0.25, 0.3) is 11.8 Å². The third-order valence-electron chi connectivity index (χ3n) is 4.11. The van der Waals surface area contributed by atoms with Crippen molar-refractivity contribution in [2.24, 2.45) is 11.8 Å². The summed E-state index contributed by atoms with van der Waals surface area (Å²) in [7, 11) is 0. The fraction of sp³-hybridized carbons (Fsp3) is 0.474. The highest BCUT2D eigenvalue weighted by Gasteiger charge is 2.48. The van der Waals surface area contributed by atoms with Crippen LogP contribution < -0.4 is 4.74 Å². The smallest absolute Gasteiger partial charge is 0.261 e. The summed E-state index contributed by atoms with van der Waals surface area (Å²) in [4.78, 5) is 24.4. The molecule has 1 heterocycles. The van der Waals surface area contributed by atoms with Crippen LogP contribution in [0.5, 0.6) is 5.75 Å². The van der Waals surface area contributed by atoms with E-state index in [9.17, 15) is 14.8 Å². The van der Waals surface area contributed by atoms with Crippen molar-refractivity contribution < 1.29 is 19.5 Å². The summed E-state index contributed by atoms with van der Waals surface area (Å²) in [5, 5.41) is 9.98. The Bertz CT molecular complexity index is 629. The van der Waals surface area contributed by atoms with Gasteiger partial charge in [0, 0.05) is 0 Å². The molecule has 5 heteroatoms. The highest BCUT2D eigenvalue weighted by atomic mass is 16.5. The van der Waals surface area contributed by atoms with Crippen LogP contribution in [0.1, 0.15) is 45.6 Å². The molecular formula is C19H25NO4. The van der Waals surface area contributed by atoms with Crippen molar-refractivity contribution in [1.82, 2.24) is 5.06 Å². The number of hydrogen-bond acceptors (Lipinski definition) is 4. The average Bonchev–Trinajstić information content (AvgIpc) is 2.72. The lowest BCUT2D eigenvalue weighted by molar-refractivity contribution is -0.172. The Balaban J connectivity index is 2.17. The zero-order chi connectivity index (χ0) is 17.9. The maximum atomic E-state index is 12.3. The third kappa shape index (κ3) is 4.03. The lowest BCUT2D eigenvalue weighted by Gasteiger charge is -2.17. The Labute approximate surface area is 142 Å². The van der Waals surface area contributed by atoms with Crippen LogP contribution in [0, 0.1) is 11.8 Å². The number of allylic oxidation sites excluding steroid dienone is 1. The predicted octanol–water partition coefficient (Wildman–Crippen LogP) is 3.54. The molecule has 2 rings (SSSR count). The van der Waals surface area contributed by atoms with Crippen LogP contribution >= 0.6 is 0 Å². The number of imide groups is 1. The van der Waals surface area contributed by atoms with Crippen LogP contribution in [0.2, 0.25) is 0 Å². The molecular weight excluding hydrogens is 306 g/mol. The van der Waals surface area contributed by atoms with E-state index in [1.54, 1.807) is 24.3 Å². The second kappa shape index (κ2) is 7.62. The number of carbonyl (C=O) groups is 2. The standard InChI is InChI=1S/C19H25NO4/c1-12(2)9-10-24-15-7-5-14(6-8-15)17-16(11-13(3)4)18(21)20(23)19(17)22/h5-9,13,16-17,23H,10-11H2,1-4H3/t16-,17-/m0/s1. The maximum absolute atomic E-state index is 12.3. The van der Waals surface area contributed by atoms with Gasteiger partial charge in [0.05, 0.1) is 11.8 Å². The van der Waals surface area contributed by atoms with Gasteiger partial charge in [-0.1, -0.05) is 31.6 Å². The molecule has 0 aliphatic carbocycles. The van der Waals surface area contributed by atoms with Gasteiger partial charge in [-0.05, 0) is 50.0 Å². The van der Waals surface area contributed by atoms with Crippen molar-refractivity contribution in [3.05, 3.63) is 41.5 Å². The lowest BCUT2D eigenvalue weighted by atomic mass is 9.83. The first-order valence-electron chi connectivity index (χ1n) is 8.24. The molecule has 1 aliphatic heterocycles. The highest BCUT2D eigenvalue weighted by Crippen LogP contribution is 2.38. The summed E-state index contributed by atoms with van der Waals surface area (Å²) in [6, 6.07) is 7.16. The fourth-order valence-electron chi connectivity index (χ4n) is 2.91. The first-order valence-corrected chi connectivity index (χ1v) is 8.24. The second-order valence-corrected chi connectivity index (χ2v) is 6.86. The minimum atomic E-state index is -0.628. The second-order valence-electron chi connectivity index (χ2n) is 6.86. The monoisotopic (exact) mass is 331 g/mol. The van der Waals surface area contributed by atoms with E-state index >= 15 is 0 Å². The van der Waals surface area contributed by atoms with E-state index in [0.717, 1.165) is 5.56 Å². The molecule has 1 N–H and O–H groups in total. The van der Waals surface area contributed by atoms with Crippen LogP contribution in [0.4, 0.5) is 0 Å². The Morgan fingerprint density at radius 3 is 2.38 bits per heavy atom. The number of benzene rings is 1. The zero-order valence-corrected chi connectivity index (χ0v) is 14.7. The number of hydrogen-bond donors (Lipinski definition) is 1. The Kier molecular flexibility index (Phi) is 5.78. The highest BCUT2D eigenvalue weighted by molar-refractivity contribution is 6.06. The SMILES string of the molecule is CC(C)=CCOc1ccc([C@@H]2C(=O)N(O)C(=O)[C@H]2CC(C)C)cc1. The number of hydroxylamine groups is 2. The molecule has 2 atom stereocenters. The maximum Gasteiger partial charge on any atom is 0.261 e. The molecule has 0 saturated carbocycles. The van der Waals surface area contributed by atoms with Gasteiger partial charge >= 0.3 is 0 Å². The van der Waals surface area contributed by atoms with Gasteiger partial charge in [-0.25, -0.2) is 0 Å². The van der Waals surface area contributed by atoms with Crippen molar-refractivity contribution in [2.45, 2.75) is 40.0 Å². The molecule has 0 radical (unpaired) electrons. The van der Waals surface area contributed by atoms with Crippen molar-refractivity contribution in [3.8, 4) is 5.75 Å². The molecule has 24 heavy (non-hydrogen) atoms. The Morgan fingerprint density at radius 1 is 1.21 bits per heavy atom. The van der Waals surface area contributed by atoms with E-state index in [1.807, 2.05) is 33.8 Å². The molecule has 2 amide bonds. The van der Waals surface area contributed by atoms with Crippen LogP contribution in [0.3, 0.4) is 0 Å². The van der Waals surface area contributed by atoms with Gasteiger partial charge in [0.2, 0.25) is 0 Å². The van der Waals surface area contributed by atoms with E-state index in [4.69, 9.17) is 4.74 Å². The van der Waals surface area contributed by atoms with E-state index in [1.165, 1.54) is 5.57 Å². The number of ether oxygens (including phenoxy) is 1. The first kappa shape index (κ1) is 18.2. The summed E-state index contributed by atoms with van der Waals surface area (Å²) in [6.45, 7) is 8.49. The van der Waals surface area contributed by atoms with Crippen molar-refractivity contribution in [1.29, 1.82) is 0 Å². The molecule has 1 saturated heterocycles. The van der Waals surface area contributed by atoms with Crippen LogP contribution in [0.15, 0.2) is 35.9 Å². The van der Waals surface area contributed by atoms with Gasteiger partial charge < -0.3 is 4.74 Å².